The number of piperidine rings is 1. The van der Waals surface area contributed by atoms with E-state index in [0.717, 1.165) is 38.9 Å². The first kappa shape index (κ1) is 17.7. The molecule has 0 radical (unpaired) electrons. The van der Waals surface area contributed by atoms with E-state index in [1.165, 1.54) is 18.2 Å². The smallest absolute Gasteiger partial charge is 0.410 e. The summed E-state index contributed by atoms with van der Waals surface area (Å²) in [6, 6.07) is 8.14. The number of rotatable bonds is 4. The van der Waals surface area contributed by atoms with E-state index in [4.69, 9.17) is 4.74 Å². The molecule has 1 N–H and O–H groups in total. The summed E-state index contributed by atoms with van der Waals surface area (Å²) < 4.78 is 4.80. The molecule has 0 saturated carbocycles. The van der Waals surface area contributed by atoms with Crippen molar-refractivity contribution >= 4 is 12.0 Å². The maximum atomic E-state index is 12.5. The van der Waals surface area contributed by atoms with Crippen LogP contribution in [0.25, 0.3) is 0 Å². The van der Waals surface area contributed by atoms with Crippen LogP contribution in [-0.4, -0.2) is 61.1 Å². The Kier molecular flexibility index (Phi) is 5.91. The first-order valence-corrected chi connectivity index (χ1v) is 9.10. The van der Waals surface area contributed by atoms with Crippen LogP contribution in [0.1, 0.15) is 30.4 Å². The molecular formula is C19H27N3O3. The Morgan fingerprint density at radius 2 is 2.00 bits per heavy atom. The van der Waals surface area contributed by atoms with Crippen LogP contribution in [0.15, 0.2) is 24.3 Å². The predicted octanol–water partition coefficient (Wildman–Crippen LogP) is 1.78. The minimum atomic E-state index is -0.410. The van der Waals surface area contributed by atoms with Crippen LogP contribution >= 0.6 is 0 Å². The van der Waals surface area contributed by atoms with Gasteiger partial charge in [-0.05, 0) is 36.8 Å². The summed E-state index contributed by atoms with van der Waals surface area (Å²) in [7, 11) is 1.36. The van der Waals surface area contributed by atoms with E-state index in [-0.39, 0.29) is 5.91 Å². The largest absolute Gasteiger partial charge is 0.453 e. The highest BCUT2D eigenvalue weighted by Crippen LogP contribution is 2.19. The zero-order chi connectivity index (χ0) is 17.6. The maximum absolute atomic E-state index is 12.5. The summed E-state index contributed by atoms with van der Waals surface area (Å²) in [5.41, 5.74) is 2.81. The topological polar surface area (TPSA) is 61.9 Å². The van der Waals surface area contributed by atoms with Gasteiger partial charge in [-0.3, -0.25) is 14.6 Å². The fourth-order valence-electron chi connectivity index (χ4n) is 3.74. The molecule has 0 aromatic heterocycles. The third-order valence-corrected chi connectivity index (χ3v) is 5.15. The number of carbonyl (C=O) groups excluding carboxylic acids is 2. The summed E-state index contributed by atoms with van der Waals surface area (Å²) in [6.45, 7) is 3.97. The number of nitrogens with one attached hydrogen (secondary N) is 1. The Bertz CT molecular complexity index is 620. The van der Waals surface area contributed by atoms with Crippen molar-refractivity contribution in [2.45, 2.75) is 38.3 Å². The van der Waals surface area contributed by atoms with Crippen LogP contribution in [0, 0.1) is 0 Å². The first-order valence-electron chi connectivity index (χ1n) is 9.10. The predicted molar refractivity (Wildman–Crippen MR) is 95.2 cm³/mol. The lowest BCUT2D eigenvalue weighted by molar-refractivity contribution is -0.127. The van der Waals surface area contributed by atoms with E-state index < -0.39 is 12.1 Å². The molecule has 6 nitrogen and oxygen atoms in total. The SMILES string of the molecule is COC(=O)N1CCCC[C@H]1C(=O)NCCN1CCc2ccccc2C1. The number of benzene rings is 1. The molecule has 0 unspecified atom stereocenters. The Balaban J connectivity index is 1.47. The molecule has 2 aliphatic heterocycles. The fourth-order valence-corrected chi connectivity index (χ4v) is 3.74. The van der Waals surface area contributed by atoms with Gasteiger partial charge in [-0.2, -0.15) is 0 Å². The number of methoxy groups -OCH3 is 1. The molecule has 2 aliphatic rings. The van der Waals surface area contributed by atoms with Gasteiger partial charge >= 0.3 is 6.09 Å². The number of likely N-dealkylation sites (tertiary alicyclic amines) is 1. The van der Waals surface area contributed by atoms with Crippen LogP contribution in [0.5, 0.6) is 0 Å². The lowest BCUT2D eigenvalue weighted by atomic mass is 10.00. The second-order valence-corrected chi connectivity index (χ2v) is 6.76. The second-order valence-electron chi connectivity index (χ2n) is 6.76. The highest BCUT2D eigenvalue weighted by Gasteiger charge is 2.32. The minimum Gasteiger partial charge on any atom is -0.453 e. The van der Waals surface area contributed by atoms with Gasteiger partial charge < -0.3 is 10.1 Å². The van der Waals surface area contributed by atoms with Gasteiger partial charge in [0, 0.05) is 32.7 Å². The van der Waals surface area contributed by atoms with Gasteiger partial charge in [-0.25, -0.2) is 4.79 Å². The zero-order valence-electron chi connectivity index (χ0n) is 14.9. The van der Waals surface area contributed by atoms with Crippen molar-refractivity contribution in [1.29, 1.82) is 0 Å². The Labute approximate surface area is 149 Å². The number of nitrogens with zero attached hydrogens (tertiary/aromatic N) is 2. The van der Waals surface area contributed by atoms with Crippen LogP contribution in [0.4, 0.5) is 4.79 Å². The molecule has 2 heterocycles. The zero-order valence-corrected chi connectivity index (χ0v) is 14.9. The van der Waals surface area contributed by atoms with Gasteiger partial charge in [0.25, 0.3) is 0 Å². The molecule has 136 valence electrons. The molecule has 0 bridgehead atoms. The molecule has 0 aliphatic carbocycles. The summed E-state index contributed by atoms with van der Waals surface area (Å²) in [5.74, 6) is -0.0671. The van der Waals surface area contributed by atoms with Crippen molar-refractivity contribution in [2.24, 2.45) is 0 Å². The first-order chi connectivity index (χ1) is 12.2. The van der Waals surface area contributed by atoms with Gasteiger partial charge in [-0.1, -0.05) is 24.3 Å². The van der Waals surface area contributed by atoms with Crippen molar-refractivity contribution in [3.8, 4) is 0 Å². The molecule has 1 saturated heterocycles. The van der Waals surface area contributed by atoms with Gasteiger partial charge in [0.05, 0.1) is 7.11 Å². The molecule has 2 amide bonds. The summed E-state index contributed by atoms with van der Waals surface area (Å²) in [5, 5.41) is 3.00. The van der Waals surface area contributed by atoms with Crippen LogP contribution in [-0.2, 0) is 22.5 Å². The van der Waals surface area contributed by atoms with Gasteiger partial charge in [-0.15, -0.1) is 0 Å². The van der Waals surface area contributed by atoms with E-state index in [1.807, 2.05) is 0 Å². The fraction of sp³-hybridized carbons (Fsp3) is 0.579. The normalized spacial score (nSPS) is 20.7. The van der Waals surface area contributed by atoms with Crippen LogP contribution in [0.3, 0.4) is 0 Å². The molecule has 1 fully saturated rings. The lowest BCUT2D eigenvalue weighted by Gasteiger charge is -2.34. The monoisotopic (exact) mass is 345 g/mol. The highest BCUT2D eigenvalue weighted by atomic mass is 16.5. The molecule has 3 rings (SSSR count). The Morgan fingerprint density at radius 3 is 2.80 bits per heavy atom. The molecule has 1 aromatic carbocycles. The third kappa shape index (κ3) is 4.31. The average Bonchev–Trinajstić information content (AvgIpc) is 2.67. The summed E-state index contributed by atoms with van der Waals surface area (Å²) in [4.78, 5) is 28.2. The number of carbonyl (C=O) groups is 2. The maximum Gasteiger partial charge on any atom is 0.410 e. The van der Waals surface area contributed by atoms with Crippen molar-refractivity contribution in [3.05, 3.63) is 35.4 Å². The molecule has 6 heteroatoms. The standard InChI is InChI=1S/C19H27N3O3/c1-25-19(24)22-11-5-4-8-17(22)18(23)20-10-13-21-12-9-15-6-2-3-7-16(15)14-21/h2-3,6-7,17H,4-5,8-14H2,1H3,(H,20,23)/t17-/m0/s1. The molecule has 1 atom stereocenters. The average molecular weight is 345 g/mol. The number of hydrogen-bond acceptors (Lipinski definition) is 4. The van der Waals surface area contributed by atoms with Gasteiger partial charge in [0.2, 0.25) is 5.91 Å². The van der Waals surface area contributed by atoms with E-state index in [9.17, 15) is 9.59 Å². The number of hydrogen-bond donors (Lipinski definition) is 1. The second kappa shape index (κ2) is 8.34. The van der Waals surface area contributed by atoms with Crippen LogP contribution < -0.4 is 5.32 Å². The van der Waals surface area contributed by atoms with E-state index >= 15 is 0 Å². The molecule has 1 aromatic rings. The van der Waals surface area contributed by atoms with E-state index in [0.29, 0.717) is 19.5 Å². The lowest BCUT2D eigenvalue weighted by Crippen LogP contribution is -2.52. The molecule has 0 spiro atoms. The summed E-state index contributed by atoms with van der Waals surface area (Å²) >= 11 is 0. The van der Waals surface area contributed by atoms with Crippen LogP contribution in [0.2, 0.25) is 0 Å². The van der Waals surface area contributed by atoms with Gasteiger partial charge in [0.15, 0.2) is 0 Å². The number of amides is 2. The van der Waals surface area contributed by atoms with Crippen molar-refractivity contribution in [3.63, 3.8) is 0 Å². The minimum absolute atomic E-state index is 0.0671. The van der Waals surface area contributed by atoms with E-state index in [1.54, 1.807) is 4.90 Å². The van der Waals surface area contributed by atoms with Crippen molar-refractivity contribution < 1.29 is 14.3 Å². The highest BCUT2D eigenvalue weighted by molar-refractivity contribution is 5.85. The Morgan fingerprint density at radius 1 is 1.20 bits per heavy atom. The van der Waals surface area contributed by atoms with Crippen molar-refractivity contribution in [1.82, 2.24) is 15.1 Å². The number of fused-ring (bicyclic) bond motifs is 1. The Hall–Kier alpha value is -2.08. The van der Waals surface area contributed by atoms with E-state index in [2.05, 4.69) is 34.5 Å². The van der Waals surface area contributed by atoms with Gasteiger partial charge in [0.1, 0.15) is 6.04 Å². The number of ether oxygens (including phenoxy) is 1. The molecular weight excluding hydrogens is 318 g/mol. The third-order valence-electron chi connectivity index (χ3n) is 5.15. The summed E-state index contributed by atoms with van der Waals surface area (Å²) in [6.07, 6.45) is 3.24. The van der Waals surface area contributed by atoms with Crippen molar-refractivity contribution in [2.75, 3.05) is 33.3 Å². The quantitative estimate of drug-likeness (QED) is 0.904. The molecule has 25 heavy (non-hydrogen) atoms.